The SMILES string of the molecule is O=C(Nc1cc(Br)cc(Br)c1)Nc1cc(F)ccc1C(=O)NCCCO. The Morgan fingerprint density at radius 1 is 1.04 bits per heavy atom. The number of nitrogens with one attached hydrogen (secondary N) is 3. The lowest BCUT2D eigenvalue weighted by atomic mass is 10.1. The number of carbonyl (C=O) groups is 2. The van der Waals surface area contributed by atoms with Gasteiger partial charge < -0.3 is 21.1 Å². The number of carbonyl (C=O) groups excluding carboxylic acids is 2. The Morgan fingerprint density at radius 2 is 1.73 bits per heavy atom. The first-order chi connectivity index (χ1) is 12.4. The van der Waals surface area contributed by atoms with Crippen LogP contribution in [0, 0.1) is 5.82 Å². The number of amides is 3. The lowest BCUT2D eigenvalue weighted by Gasteiger charge is -2.13. The lowest BCUT2D eigenvalue weighted by Crippen LogP contribution is -2.27. The van der Waals surface area contributed by atoms with E-state index in [1.807, 2.05) is 6.07 Å². The minimum atomic E-state index is -0.620. The molecule has 0 radical (unpaired) electrons. The summed E-state index contributed by atoms with van der Waals surface area (Å²) < 4.78 is 15.1. The Bertz CT molecular complexity index is 798. The summed E-state index contributed by atoms with van der Waals surface area (Å²) in [5.74, 6) is -1.06. The average molecular weight is 489 g/mol. The minimum absolute atomic E-state index is 0.0399. The summed E-state index contributed by atoms with van der Waals surface area (Å²) in [6.45, 7) is 0.212. The first-order valence-corrected chi connectivity index (χ1v) is 9.20. The second-order valence-corrected chi connectivity index (χ2v) is 7.09. The molecule has 0 atom stereocenters. The van der Waals surface area contributed by atoms with Crippen LogP contribution >= 0.6 is 31.9 Å². The van der Waals surface area contributed by atoms with E-state index in [2.05, 4.69) is 47.8 Å². The molecule has 0 heterocycles. The Kier molecular flexibility index (Phi) is 7.55. The molecule has 0 aliphatic heterocycles. The molecule has 0 aliphatic rings. The predicted molar refractivity (Wildman–Crippen MR) is 105 cm³/mol. The van der Waals surface area contributed by atoms with Crippen molar-refractivity contribution in [1.29, 1.82) is 0 Å². The van der Waals surface area contributed by atoms with Crippen LogP contribution in [0.3, 0.4) is 0 Å². The molecule has 2 rings (SSSR count). The summed E-state index contributed by atoms with van der Waals surface area (Å²) in [5, 5.41) is 16.4. The smallest absolute Gasteiger partial charge is 0.323 e. The maximum atomic E-state index is 13.6. The molecule has 0 aromatic heterocycles. The Balaban J connectivity index is 2.13. The monoisotopic (exact) mass is 487 g/mol. The zero-order chi connectivity index (χ0) is 19.1. The standard InChI is InChI=1S/C17H16Br2FN3O3/c18-10-6-11(19)8-13(7-10)22-17(26)23-15-9-12(20)2-3-14(15)16(25)21-4-1-5-24/h2-3,6-9,24H,1,4-5H2,(H,21,25)(H2,22,23,26). The summed E-state index contributed by atoms with van der Waals surface area (Å²) >= 11 is 6.64. The van der Waals surface area contributed by atoms with Gasteiger partial charge in [-0.05, 0) is 42.8 Å². The van der Waals surface area contributed by atoms with Crippen LogP contribution in [0.4, 0.5) is 20.6 Å². The van der Waals surface area contributed by atoms with E-state index < -0.39 is 17.8 Å². The van der Waals surface area contributed by atoms with Gasteiger partial charge in [-0.1, -0.05) is 31.9 Å². The molecule has 4 N–H and O–H groups in total. The van der Waals surface area contributed by atoms with E-state index in [1.54, 1.807) is 12.1 Å². The predicted octanol–water partition coefficient (Wildman–Crippen LogP) is 4.11. The number of hydrogen-bond donors (Lipinski definition) is 4. The molecular weight excluding hydrogens is 473 g/mol. The third kappa shape index (κ3) is 6.08. The highest BCUT2D eigenvalue weighted by atomic mass is 79.9. The van der Waals surface area contributed by atoms with Gasteiger partial charge in [-0.2, -0.15) is 0 Å². The summed E-state index contributed by atoms with van der Waals surface area (Å²) in [5.41, 5.74) is 0.669. The fourth-order valence-corrected chi connectivity index (χ4v) is 3.40. The van der Waals surface area contributed by atoms with Crippen molar-refractivity contribution in [2.24, 2.45) is 0 Å². The molecule has 26 heavy (non-hydrogen) atoms. The first kappa shape index (κ1) is 20.3. The molecule has 0 fully saturated rings. The van der Waals surface area contributed by atoms with E-state index in [1.165, 1.54) is 6.07 Å². The number of rotatable bonds is 6. The summed E-state index contributed by atoms with van der Waals surface area (Å²) in [6, 6.07) is 8.06. The van der Waals surface area contributed by atoms with Crippen molar-refractivity contribution in [1.82, 2.24) is 5.32 Å². The van der Waals surface area contributed by atoms with Gasteiger partial charge in [0, 0.05) is 27.8 Å². The van der Waals surface area contributed by atoms with Crippen LogP contribution in [0.5, 0.6) is 0 Å². The van der Waals surface area contributed by atoms with Gasteiger partial charge >= 0.3 is 6.03 Å². The minimum Gasteiger partial charge on any atom is -0.396 e. The molecule has 0 saturated heterocycles. The number of urea groups is 1. The summed E-state index contributed by atoms with van der Waals surface area (Å²) in [4.78, 5) is 24.4. The van der Waals surface area contributed by atoms with Crippen molar-refractivity contribution >= 4 is 55.2 Å². The fourth-order valence-electron chi connectivity index (χ4n) is 2.10. The van der Waals surface area contributed by atoms with Crippen LogP contribution in [0.1, 0.15) is 16.8 Å². The van der Waals surface area contributed by atoms with Crippen LogP contribution in [0.2, 0.25) is 0 Å². The molecule has 2 aromatic carbocycles. The highest BCUT2D eigenvalue weighted by Crippen LogP contribution is 2.24. The van der Waals surface area contributed by atoms with Gasteiger partial charge in [-0.3, -0.25) is 4.79 Å². The van der Waals surface area contributed by atoms with Gasteiger partial charge in [-0.25, -0.2) is 9.18 Å². The normalized spacial score (nSPS) is 10.3. The summed E-state index contributed by atoms with van der Waals surface area (Å²) in [6.07, 6.45) is 0.397. The molecular formula is C17H16Br2FN3O3. The number of aliphatic hydroxyl groups excluding tert-OH is 1. The van der Waals surface area contributed by atoms with Crippen LogP contribution in [-0.2, 0) is 0 Å². The van der Waals surface area contributed by atoms with Crippen LogP contribution in [0.25, 0.3) is 0 Å². The van der Waals surface area contributed by atoms with Crippen LogP contribution < -0.4 is 16.0 Å². The Morgan fingerprint density at radius 3 is 2.38 bits per heavy atom. The molecule has 0 spiro atoms. The molecule has 0 unspecified atom stereocenters. The van der Waals surface area contributed by atoms with Crippen molar-refractivity contribution in [3.05, 3.63) is 56.7 Å². The molecule has 0 saturated carbocycles. The van der Waals surface area contributed by atoms with Gasteiger partial charge in [0.2, 0.25) is 0 Å². The number of anilines is 2. The molecule has 0 bridgehead atoms. The van der Waals surface area contributed by atoms with Crippen molar-refractivity contribution in [3.63, 3.8) is 0 Å². The molecule has 2 aromatic rings. The maximum absolute atomic E-state index is 13.6. The van der Waals surface area contributed by atoms with Gasteiger partial charge in [0.05, 0.1) is 11.3 Å². The number of halogens is 3. The third-order valence-corrected chi connectivity index (χ3v) is 4.13. The highest BCUT2D eigenvalue weighted by Gasteiger charge is 2.14. The van der Waals surface area contributed by atoms with Gasteiger partial charge in [-0.15, -0.1) is 0 Å². The Labute approximate surface area is 166 Å². The molecule has 9 heteroatoms. The number of aliphatic hydroxyl groups is 1. The quantitative estimate of drug-likeness (QED) is 0.461. The van der Waals surface area contributed by atoms with Crippen LogP contribution in [-0.4, -0.2) is 30.2 Å². The molecule has 0 aliphatic carbocycles. The van der Waals surface area contributed by atoms with E-state index in [0.717, 1.165) is 21.1 Å². The molecule has 6 nitrogen and oxygen atoms in total. The number of hydrogen-bond acceptors (Lipinski definition) is 3. The molecule has 3 amide bonds. The van der Waals surface area contributed by atoms with E-state index in [0.29, 0.717) is 12.1 Å². The van der Waals surface area contributed by atoms with Gasteiger partial charge in [0.1, 0.15) is 5.82 Å². The van der Waals surface area contributed by atoms with E-state index in [-0.39, 0.29) is 24.4 Å². The first-order valence-electron chi connectivity index (χ1n) is 7.62. The highest BCUT2D eigenvalue weighted by molar-refractivity contribution is 9.11. The second kappa shape index (κ2) is 9.65. The third-order valence-electron chi connectivity index (χ3n) is 3.22. The topological polar surface area (TPSA) is 90.5 Å². The zero-order valence-electron chi connectivity index (χ0n) is 13.5. The Hall–Kier alpha value is -1.97. The fraction of sp³-hybridized carbons (Fsp3) is 0.176. The average Bonchev–Trinajstić information content (AvgIpc) is 2.53. The number of benzene rings is 2. The van der Waals surface area contributed by atoms with Crippen LogP contribution in [0.15, 0.2) is 45.3 Å². The van der Waals surface area contributed by atoms with E-state index in [9.17, 15) is 14.0 Å². The summed E-state index contributed by atoms with van der Waals surface area (Å²) in [7, 11) is 0. The van der Waals surface area contributed by atoms with Gasteiger partial charge in [0.25, 0.3) is 5.91 Å². The second-order valence-electron chi connectivity index (χ2n) is 5.26. The van der Waals surface area contributed by atoms with Crippen molar-refractivity contribution in [2.75, 3.05) is 23.8 Å². The van der Waals surface area contributed by atoms with E-state index >= 15 is 0 Å². The molecule has 138 valence electrons. The lowest BCUT2D eigenvalue weighted by molar-refractivity contribution is 0.0952. The van der Waals surface area contributed by atoms with E-state index in [4.69, 9.17) is 5.11 Å². The van der Waals surface area contributed by atoms with Crippen molar-refractivity contribution in [2.45, 2.75) is 6.42 Å². The largest absolute Gasteiger partial charge is 0.396 e. The maximum Gasteiger partial charge on any atom is 0.323 e. The van der Waals surface area contributed by atoms with Crippen molar-refractivity contribution < 1.29 is 19.1 Å². The zero-order valence-corrected chi connectivity index (χ0v) is 16.7. The van der Waals surface area contributed by atoms with Crippen molar-refractivity contribution in [3.8, 4) is 0 Å². The van der Waals surface area contributed by atoms with Gasteiger partial charge in [0.15, 0.2) is 0 Å².